The summed E-state index contributed by atoms with van der Waals surface area (Å²) in [4.78, 5) is 24.9. The standard InChI is InChI=1S/C12H21NO4S/c1-9(12(15)17-3)10(2)18(16)8-11(14)13-6-4-5-7-13/h9-10H,4-8H2,1-3H3. The third kappa shape index (κ3) is 3.80. The summed E-state index contributed by atoms with van der Waals surface area (Å²) in [5.74, 6) is -0.913. The molecule has 0 spiro atoms. The highest BCUT2D eigenvalue weighted by molar-refractivity contribution is 7.86. The van der Waals surface area contributed by atoms with Crippen molar-refractivity contribution in [2.45, 2.75) is 31.9 Å². The van der Waals surface area contributed by atoms with E-state index in [1.165, 1.54) is 7.11 Å². The SMILES string of the molecule is COC(=O)C(C)C(C)S(=O)CC(=O)N1CCCC1. The third-order valence-corrected chi connectivity index (χ3v) is 5.19. The van der Waals surface area contributed by atoms with Gasteiger partial charge in [0.05, 0.1) is 13.0 Å². The molecule has 1 aliphatic heterocycles. The van der Waals surface area contributed by atoms with E-state index in [0.29, 0.717) is 0 Å². The Morgan fingerprint density at radius 3 is 2.33 bits per heavy atom. The zero-order chi connectivity index (χ0) is 13.7. The van der Waals surface area contributed by atoms with Crippen LogP contribution in [0.1, 0.15) is 26.7 Å². The molecule has 0 aromatic heterocycles. The Hall–Kier alpha value is -0.910. The van der Waals surface area contributed by atoms with Gasteiger partial charge < -0.3 is 9.64 Å². The van der Waals surface area contributed by atoms with Crippen molar-refractivity contribution in [1.82, 2.24) is 4.90 Å². The van der Waals surface area contributed by atoms with Gasteiger partial charge in [-0.1, -0.05) is 6.92 Å². The van der Waals surface area contributed by atoms with Gasteiger partial charge in [-0.3, -0.25) is 13.8 Å². The van der Waals surface area contributed by atoms with Crippen molar-refractivity contribution in [3.63, 3.8) is 0 Å². The minimum atomic E-state index is -1.34. The van der Waals surface area contributed by atoms with Crippen molar-refractivity contribution >= 4 is 22.7 Å². The molecule has 0 aromatic rings. The molecule has 0 radical (unpaired) electrons. The lowest BCUT2D eigenvalue weighted by atomic mass is 10.1. The number of methoxy groups -OCH3 is 1. The number of rotatable bonds is 5. The van der Waals surface area contributed by atoms with E-state index in [9.17, 15) is 13.8 Å². The van der Waals surface area contributed by atoms with Crippen LogP contribution in [0.3, 0.4) is 0 Å². The van der Waals surface area contributed by atoms with Gasteiger partial charge in [0.25, 0.3) is 0 Å². The number of amides is 1. The molecule has 1 amide bonds. The van der Waals surface area contributed by atoms with Crippen LogP contribution >= 0.6 is 0 Å². The predicted octanol–water partition coefficient (Wildman–Crippen LogP) is 0.555. The summed E-state index contributed by atoms with van der Waals surface area (Å²) >= 11 is 0. The molecule has 0 aliphatic carbocycles. The maximum atomic E-state index is 12.0. The van der Waals surface area contributed by atoms with E-state index in [1.807, 2.05) is 0 Å². The Morgan fingerprint density at radius 2 is 1.83 bits per heavy atom. The highest BCUT2D eigenvalue weighted by Crippen LogP contribution is 2.14. The number of esters is 1. The second-order valence-electron chi connectivity index (χ2n) is 4.63. The summed E-state index contributed by atoms with van der Waals surface area (Å²) in [7, 11) is -0.0258. The summed E-state index contributed by atoms with van der Waals surface area (Å²) in [6.45, 7) is 4.91. The summed E-state index contributed by atoms with van der Waals surface area (Å²) in [6, 6.07) is 0. The minimum absolute atomic E-state index is 0.00248. The monoisotopic (exact) mass is 275 g/mol. The van der Waals surface area contributed by atoms with Crippen LogP contribution in [0.15, 0.2) is 0 Å². The van der Waals surface area contributed by atoms with Gasteiger partial charge in [0.15, 0.2) is 0 Å². The van der Waals surface area contributed by atoms with Crippen LogP contribution < -0.4 is 0 Å². The third-order valence-electron chi connectivity index (χ3n) is 3.42. The number of hydrogen-bond acceptors (Lipinski definition) is 4. The first-order valence-electron chi connectivity index (χ1n) is 6.20. The second-order valence-corrected chi connectivity index (χ2v) is 6.42. The Morgan fingerprint density at radius 1 is 1.28 bits per heavy atom. The van der Waals surface area contributed by atoms with E-state index >= 15 is 0 Å². The van der Waals surface area contributed by atoms with Gasteiger partial charge in [-0.05, 0) is 19.8 Å². The Kier molecular flexibility index (Phi) is 5.78. The highest BCUT2D eigenvalue weighted by Gasteiger charge is 2.28. The highest BCUT2D eigenvalue weighted by atomic mass is 32.2. The van der Waals surface area contributed by atoms with Crippen molar-refractivity contribution in [1.29, 1.82) is 0 Å². The molecule has 18 heavy (non-hydrogen) atoms. The van der Waals surface area contributed by atoms with Crippen LogP contribution in [0.25, 0.3) is 0 Å². The van der Waals surface area contributed by atoms with Crippen molar-refractivity contribution in [3.8, 4) is 0 Å². The maximum Gasteiger partial charge on any atom is 0.309 e. The van der Waals surface area contributed by atoms with Crippen LogP contribution in [0.4, 0.5) is 0 Å². The molecule has 6 heteroatoms. The normalized spacial score (nSPS) is 20.3. The molecule has 0 saturated carbocycles. The number of likely N-dealkylation sites (tertiary alicyclic amines) is 1. The molecular weight excluding hydrogens is 254 g/mol. The fraction of sp³-hybridized carbons (Fsp3) is 0.833. The molecule has 1 aliphatic rings. The van der Waals surface area contributed by atoms with E-state index in [0.717, 1.165) is 25.9 Å². The average molecular weight is 275 g/mol. The Bertz CT molecular complexity index is 339. The quantitative estimate of drug-likeness (QED) is 0.688. The molecular formula is C12H21NO4S. The number of ether oxygens (including phenoxy) is 1. The molecule has 1 heterocycles. The van der Waals surface area contributed by atoms with E-state index < -0.39 is 16.7 Å². The smallest absolute Gasteiger partial charge is 0.309 e. The fourth-order valence-electron chi connectivity index (χ4n) is 1.92. The average Bonchev–Trinajstić information content (AvgIpc) is 2.89. The largest absolute Gasteiger partial charge is 0.469 e. The summed E-state index contributed by atoms with van der Waals surface area (Å²) in [6.07, 6.45) is 2.04. The fourth-order valence-corrected chi connectivity index (χ4v) is 3.17. The summed E-state index contributed by atoms with van der Waals surface area (Å²) < 4.78 is 16.6. The molecule has 0 N–H and O–H groups in total. The van der Waals surface area contributed by atoms with E-state index in [-0.39, 0.29) is 22.9 Å². The van der Waals surface area contributed by atoms with Gasteiger partial charge in [0, 0.05) is 29.1 Å². The predicted molar refractivity (Wildman–Crippen MR) is 69.5 cm³/mol. The molecule has 1 rings (SSSR count). The van der Waals surface area contributed by atoms with Gasteiger partial charge in [0.2, 0.25) is 5.91 Å². The van der Waals surface area contributed by atoms with Crippen LogP contribution in [-0.2, 0) is 25.1 Å². The number of carbonyl (C=O) groups excluding carboxylic acids is 2. The molecule has 0 bridgehead atoms. The van der Waals surface area contributed by atoms with Crippen LogP contribution in [0.2, 0.25) is 0 Å². The minimum Gasteiger partial charge on any atom is -0.469 e. The molecule has 1 saturated heterocycles. The van der Waals surface area contributed by atoms with E-state index in [2.05, 4.69) is 4.74 Å². The van der Waals surface area contributed by atoms with Crippen LogP contribution in [0.5, 0.6) is 0 Å². The Labute approximate surface area is 110 Å². The van der Waals surface area contributed by atoms with E-state index in [4.69, 9.17) is 0 Å². The van der Waals surface area contributed by atoms with Gasteiger partial charge in [-0.2, -0.15) is 0 Å². The first-order valence-corrected chi connectivity index (χ1v) is 7.58. The lowest BCUT2D eigenvalue weighted by Gasteiger charge is -2.19. The molecule has 1 fully saturated rings. The molecule has 3 atom stereocenters. The zero-order valence-electron chi connectivity index (χ0n) is 11.2. The van der Waals surface area contributed by atoms with Gasteiger partial charge >= 0.3 is 5.97 Å². The number of carbonyl (C=O) groups is 2. The first kappa shape index (κ1) is 15.1. The molecule has 0 aromatic carbocycles. The Balaban J connectivity index is 2.48. The molecule has 3 unspecified atom stereocenters. The molecule has 5 nitrogen and oxygen atoms in total. The topological polar surface area (TPSA) is 63.7 Å². The van der Waals surface area contributed by atoms with Crippen molar-refractivity contribution in [2.24, 2.45) is 5.92 Å². The summed E-state index contributed by atoms with van der Waals surface area (Å²) in [5, 5.41) is -0.371. The summed E-state index contributed by atoms with van der Waals surface area (Å²) in [5.41, 5.74) is 0. The van der Waals surface area contributed by atoms with Gasteiger partial charge in [-0.15, -0.1) is 0 Å². The van der Waals surface area contributed by atoms with Crippen LogP contribution in [-0.4, -0.2) is 52.2 Å². The zero-order valence-corrected chi connectivity index (χ0v) is 12.0. The van der Waals surface area contributed by atoms with Crippen molar-refractivity contribution in [3.05, 3.63) is 0 Å². The first-order chi connectivity index (χ1) is 8.47. The number of nitrogens with zero attached hydrogens (tertiary/aromatic N) is 1. The van der Waals surface area contributed by atoms with Crippen molar-refractivity contribution in [2.75, 3.05) is 26.0 Å². The van der Waals surface area contributed by atoms with E-state index in [1.54, 1.807) is 18.7 Å². The number of hydrogen-bond donors (Lipinski definition) is 0. The van der Waals surface area contributed by atoms with Crippen LogP contribution in [0, 0.1) is 5.92 Å². The lowest BCUT2D eigenvalue weighted by Crippen LogP contribution is -2.36. The second kappa shape index (κ2) is 6.87. The van der Waals surface area contributed by atoms with Crippen molar-refractivity contribution < 1.29 is 18.5 Å². The van der Waals surface area contributed by atoms with Gasteiger partial charge in [0.1, 0.15) is 5.75 Å². The molecule has 104 valence electrons. The lowest BCUT2D eigenvalue weighted by molar-refractivity contribution is -0.144. The maximum absolute atomic E-state index is 12.0. The van der Waals surface area contributed by atoms with Gasteiger partial charge in [-0.25, -0.2) is 0 Å².